The molecule has 2 amide bonds. The van der Waals surface area contributed by atoms with Crippen LogP contribution in [0.25, 0.3) is 0 Å². The lowest BCUT2D eigenvalue weighted by Gasteiger charge is -2.18. The number of amides is 2. The van der Waals surface area contributed by atoms with E-state index in [1.54, 1.807) is 0 Å². The minimum absolute atomic E-state index is 0.0230. The van der Waals surface area contributed by atoms with Crippen LogP contribution in [-0.4, -0.2) is 41.5 Å². The molecule has 0 fully saturated rings. The first-order chi connectivity index (χ1) is 10.2. The summed E-state index contributed by atoms with van der Waals surface area (Å²) in [5, 5.41) is 15.2. The van der Waals surface area contributed by atoms with Crippen LogP contribution in [0.5, 0.6) is 0 Å². The van der Waals surface area contributed by atoms with Crippen LogP contribution in [0, 0.1) is 0 Å². The van der Waals surface area contributed by atoms with Crippen molar-refractivity contribution in [2.45, 2.75) is 13.0 Å². The van der Waals surface area contributed by atoms with Gasteiger partial charge in [0.2, 0.25) is 0 Å². The molecular weight excluding hydrogens is 270 g/mol. The fourth-order valence-corrected chi connectivity index (χ4v) is 2.62. The van der Waals surface area contributed by atoms with Gasteiger partial charge in [-0.3, -0.25) is 14.5 Å². The highest BCUT2D eigenvalue weighted by Crippen LogP contribution is 2.22. The maximum absolute atomic E-state index is 12.1. The van der Waals surface area contributed by atoms with E-state index in [1.807, 2.05) is 18.2 Å². The predicted molar refractivity (Wildman–Crippen MR) is 77.4 cm³/mol. The standard InChI is InChI=1S/C15H17N3O3/c19-6-5-18-14(20)8-13(15(18)21)17-12-2-1-11-9-16-4-3-10(11)7-12/h1-2,7-8,16-17,19H,3-6,9H2. The SMILES string of the molecule is O=C1C=C(Nc2ccc3c(c2)CCNC3)C(=O)N1CCO. The molecular formula is C15H17N3O3. The van der Waals surface area contributed by atoms with Crippen LogP contribution < -0.4 is 10.6 Å². The first kappa shape index (κ1) is 13.8. The number of aliphatic hydroxyl groups is 1. The summed E-state index contributed by atoms with van der Waals surface area (Å²) < 4.78 is 0. The third-order valence-electron chi connectivity index (χ3n) is 3.70. The van der Waals surface area contributed by atoms with Gasteiger partial charge in [-0.05, 0) is 36.2 Å². The molecule has 3 N–H and O–H groups in total. The number of rotatable bonds is 4. The minimum Gasteiger partial charge on any atom is -0.395 e. The lowest BCUT2D eigenvalue weighted by molar-refractivity contribution is -0.137. The van der Waals surface area contributed by atoms with Gasteiger partial charge in [-0.1, -0.05) is 6.07 Å². The zero-order valence-electron chi connectivity index (χ0n) is 11.6. The molecule has 0 bridgehead atoms. The third kappa shape index (κ3) is 2.68. The smallest absolute Gasteiger partial charge is 0.277 e. The van der Waals surface area contributed by atoms with Crippen LogP contribution in [-0.2, 0) is 22.6 Å². The van der Waals surface area contributed by atoms with Crippen LogP contribution in [0.2, 0.25) is 0 Å². The molecule has 0 saturated heterocycles. The summed E-state index contributed by atoms with van der Waals surface area (Å²) in [5.41, 5.74) is 3.57. The zero-order valence-corrected chi connectivity index (χ0v) is 11.6. The maximum atomic E-state index is 12.1. The number of nitrogens with one attached hydrogen (secondary N) is 2. The highest BCUT2D eigenvalue weighted by molar-refractivity contribution is 6.17. The van der Waals surface area contributed by atoms with Gasteiger partial charge < -0.3 is 15.7 Å². The number of hydrogen-bond donors (Lipinski definition) is 3. The number of fused-ring (bicyclic) bond motifs is 1. The number of benzene rings is 1. The molecule has 0 radical (unpaired) electrons. The molecule has 0 aliphatic carbocycles. The van der Waals surface area contributed by atoms with Crippen molar-refractivity contribution in [2.75, 3.05) is 25.0 Å². The molecule has 0 aromatic heterocycles. The van der Waals surface area contributed by atoms with Crippen LogP contribution in [0.15, 0.2) is 30.0 Å². The van der Waals surface area contributed by atoms with Crippen molar-refractivity contribution >= 4 is 17.5 Å². The number of hydrogen-bond acceptors (Lipinski definition) is 5. The number of carbonyl (C=O) groups excluding carboxylic acids is 2. The second kappa shape index (κ2) is 5.67. The Balaban J connectivity index is 1.77. The fraction of sp³-hybridized carbons (Fsp3) is 0.333. The topological polar surface area (TPSA) is 81.7 Å². The van der Waals surface area contributed by atoms with Gasteiger partial charge in [0.15, 0.2) is 0 Å². The molecule has 2 aliphatic heterocycles. The minimum atomic E-state index is -0.395. The molecule has 110 valence electrons. The number of β-amino-alcohol motifs (C(OH)–C–C–N with tert-alkyl or cyclic N) is 1. The van der Waals surface area contributed by atoms with E-state index in [4.69, 9.17) is 5.11 Å². The van der Waals surface area contributed by atoms with E-state index >= 15 is 0 Å². The van der Waals surface area contributed by atoms with Crippen molar-refractivity contribution in [1.29, 1.82) is 0 Å². The Hall–Kier alpha value is -2.18. The Morgan fingerprint density at radius 1 is 1.29 bits per heavy atom. The Kier molecular flexibility index (Phi) is 3.72. The van der Waals surface area contributed by atoms with Crippen molar-refractivity contribution in [3.8, 4) is 0 Å². The molecule has 6 nitrogen and oxygen atoms in total. The van der Waals surface area contributed by atoms with Crippen molar-refractivity contribution in [1.82, 2.24) is 10.2 Å². The Morgan fingerprint density at radius 2 is 2.14 bits per heavy atom. The molecule has 1 aromatic carbocycles. The van der Waals surface area contributed by atoms with Crippen molar-refractivity contribution < 1.29 is 14.7 Å². The van der Waals surface area contributed by atoms with Crippen LogP contribution in [0.3, 0.4) is 0 Å². The summed E-state index contributed by atoms with van der Waals surface area (Å²) >= 11 is 0. The summed E-state index contributed by atoms with van der Waals surface area (Å²) in [5.74, 6) is -0.785. The monoisotopic (exact) mass is 287 g/mol. The van der Waals surface area contributed by atoms with Gasteiger partial charge in [0, 0.05) is 18.3 Å². The van der Waals surface area contributed by atoms with E-state index in [1.165, 1.54) is 17.2 Å². The molecule has 0 unspecified atom stereocenters. The summed E-state index contributed by atoms with van der Waals surface area (Å²) in [6.45, 7) is 1.60. The average Bonchev–Trinajstić information content (AvgIpc) is 2.75. The second-order valence-electron chi connectivity index (χ2n) is 5.11. The van der Waals surface area contributed by atoms with Crippen LogP contribution >= 0.6 is 0 Å². The summed E-state index contributed by atoms with van der Waals surface area (Å²) in [6, 6.07) is 5.94. The third-order valence-corrected chi connectivity index (χ3v) is 3.70. The summed E-state index contributed by atoms with van der Waals surface area (Å²) in [6.07, 6.45) is 2.23. The van der Waals surface area contributed by atoms with Crippen LogP contribution in [0.1, 0.15) is 11.1 Å². The van der Waals surface area contributed by atoms with E-state index in [-0.39, 0.29) is 18.8 Å². The number of carbonyl (C=O) groups is 2. The van der Waals surface area contributed by atoms with Gasteiger partial charge in [-0.2, -0.15) is 0 Å². The van der Waals surface area contributed by atoms with Gasteiger partial charge in [-0.25, -0.2) is 0 Å². The first-order valence-corrected chi connectivity index (χ1v) is 6.97. The van der Waals surface area contributed by atoms with E-state index in [2.05, 4.69) is 10.6 Å². The van der Waals surface area contributed by atoms with Crippen molar-refractivity contribution in [3.63, 3.8) is 0 Å². The number of aliphatic hydroxyl groups excluding tert-OH is 1. The Bertz CT molecular complexity index is 625. The first-order valence-electron chi connectivity index (χ1n) is 6.97. The molecule has 0 atom stereocenters. The molecule has 0 saturated carbocycles. The van der Waals surface area contributed by atoms with Gasteiger partial charge in [0.1, 0.15) is 5.70 Å². The molecule has 2 aliphatic rings. The average molecular weight is 287 g/mol. The lowest BCUT2D eigenvalue weighted by Crippen LogP contribution is -2.34. The molecule has 0 spiro atoms. The van der Waals surface area contributed by atoms with E-state index in [0.29, 0.717) is 0 Å². The Morgan fingerprint density at radius 3 is 2.95 bits per heavy atom. The van der Waals surface area contributed by atoms with Crippen molar-refractivity contribution in [2.24, 2.45) is 0 Å². The highest BCUT2D eigenvalue weighted by atomic mass is 16.3. The lowest BCUT2D eigenvalue weighted by atomic mass is 10.0. The maximum Gasteiger partial charge on any atom is 0.277 e. The van der Waals surface area contributed by atoms with Gasteiger partial charge in [-0.15, -0.1) is 0 Å². The Labute approximate surface area is 122 Å². The van der Waals surface area contributed by atoms with E-state index < -0.39 is 11.8 Å². The quantitative estimate of drug-likeness (QED) is 0.679. The summed E-state index contributed by atoms with van der Waals surface area (Å²) in [7, 11) is 0. The number of anilines is 1. The second-order valence-corrected chi connectivity index (χ2v) is 5.11. The fourth-order valence-electron chi connectivity index (χ4n) is 2.62. The number of nitrogens with zero attached hydrogens (tertiary/aromatic N) is 1. The molecule has 21 heavy (non-hydrogen) atoms. The van der Waals surface area contributed by atoms with E-state index in [9.17, 15) is 9.59 Å². The van der Waals surface area contributed by atoms with E-state index in [0.717, 1.165) is 30.1 Å². The molecule has 1 aromatic rings. The van der Waals surface area contributed by atoms with Gasteiger partial charge >= 0.3 is 0 Å². The predicted octanol–water partition coefficient (Wildman–Crippen LogP) is -0.0108. The zero-order chi connectivity index (χ0) is 14.8. The van der Waals surface area contributed by atoms with Crippen LogP contribution in [0.4, 0.5) is 5.69 Å². The normalized spacial score (nSPS) is 17.8. The molecule has 2 heterocycles. The van der Waals surface area contributed by atoms with Crippen molar-refractivity contribution in [3.05, 3.63) is 41.1 Å². The summed E-state index contributed by atoms with van der Waals surface area (Å²) in [4.78, 5) is 24.8. The largest absolute Gasteiger partial charge is 0.395 e. The molecule has 6 heteroatoms. The highest BCUT2D eigenvalue weighted by Gasteiger charge is 2.30. The number of imide groups is 1. The molecule has 3 rings (SSSR count). The van der Waals surface area contributed by atoms with Gasteiger partial charge in [0.05, 0.1) is 13.2 Å². The van der Waals surface area contributed by atoms with Gasteiger partial charge in [0.25, 0.3) is 11.8 Å².